The maximum atomic E-state index is 14.5. The molecule has 3 aromatic rings. The van der Waals surface area contributed by atoms with Crippen molar-refractivity contribution in [3.05, 3.63) is 77.2 Å². The maximum absolute atomic E-state index is 14.5. The Morgan fingerprint density at radius 1 is 0.972 bits per heavy atom. The van der Waals surface area contributed by atoms with E-state index in [0.29, 0.717) is 31.0 Å². The zero-order valence-corrected chi connectivity index (χ0v) is 21.7. The summed E-state index contributed by atoms with van der Waals surface area (Å²) in [7, 11) is 0. The Morgan fingerprint density at radius 2 is 1.64 bits per heavy atom. The fourth-order valence-electron chi connectivity index (χ4n) is 4.44. The van der Waals surface area contributed by atoms with Crippen LogP contribution in [0.5, 0.6) is 0 Å². The zero-order chi connectivity index (χ0) is 25.7. The minimum Gasteiger partial charge on any atom is -0.389 e. The molecule has 4 rings (SSSR count). The average Bonchev–Trinajstić information content (AvgIpc) is 2.86. The van der Waals surface area contributed by atoms with Gasteiger partial charge in [-0.3, -0.25) is 4.90 Å². The van der Waals surface area contributed by atoms with Gasteiger partial charge in [0.15, 0.2) is 5.82 Å². The summed E-state index contributed by atoms with van der Waals surface area (Å²) in [4.78, 5) is 14.3. The van der Waals surface area contributed by atoms with Gasteiger partial charge in [-0.25, -0.2) is 14.4 Å². The quantitative estimate of drug-likeness (QED) is 0.500. The van der Waals surface area contributed by atoms with E-state index in [1.54, 1.807) is 6.07 Å². The summed E-state index contributed by atoms with van der Waals surface area (Å²) < 4.78 is 20.3. The number of ether oxygens (including phenoxy) is 1. The molecule has 0 aliphatic carbocycles. The summed E-state index contributed by atoms with van der Waals surface area (Å²) in [5, 5.41) is 10.4. The number of benzene rings is 2. The molecule has 1 aromatic heterocycles. The Balaban J connectivity index is 1.54. The molecule has 36 heavy (non-hydrogen) atoms. The third-order valence-corrected chi connectivity index (χ3v) is 6.40. The van der Waals surface area contributed by atoms with Crippen molar-refractivity contribution in [1.29, 1.82) is 0 Å². The number of aliphatic hydroxyl groups is 1. The Morgan fingerprint density at radius 3 is 2.31 bits per heavy atom. The van der Waals surface area contributed by atoms with Crippen LogP contribution in [0.3, 0.4) is 0 Å². The van der Waals surface area contributed by atoms with Crippen LogP contribution in [0.2, 0.25) is 0 Å². The molecular formula is C29H37FN4O2. The number of β-amino-alcohol motifs (C(OH)–C–C–N with tert-alkyl or cyclic N) is 1. The summed E-state index contributed by atoms with van der Waals surface area (Å²) in [5.74, 6) is 1.32. The summed E-state index contributed by atoms with van der Waals surface area (Å²) in [5.41, 5.74) is 3.14. The monoisotopic (exact) mass is 492 g/mol. The topological polar surface area (TPSA) is 61.7 Å². The van der Waals surface area contributed by atoms with Gasteiger partial charge in [-0.2, -0.15) is 0 Å². The van der Waals surface area contributed by atoms with Crippen LogP contribution in [0.1, 0.15) is 37.6 Å². The highest BCUT2D eigenvalue weighted by Crippen LogP contribution is 2.29. The molecular weight excluding hydrogens is 455 g/mol. The molecule has 192 valence electrons. The smallest absolute Gasteiger partial charge is 0.161 e. The molecule has 1 aliphatic heterocycles. The Hall–Kier alpha value is -2.87. The predicted molar refractivity (Wildman–Crippen MR) is 142 cm³/mol. The van der Waals surface area contributed by atoms with E-state index in [2.05, 4.69) is 9.80 Å². The second-order valence-electron chi connectivity index (χ2n) is 10.4. The average molecular weight is 493 g/mol. The molecule has 0 spiro atoms. The highest BCUT2D eigenvalue weighted by atomic mass is 19.1. The molecule has 0 saturated carbocycles. The summed E-state index contributed by atoms with van der Waals surface area (Å²) in [6, 6.07) is 16.8. The van der Waals surface area contributed by atoms with Crippen LogP contribution in [0.15, 0.2) is 54.6 Å². The predicted octanol–water partition coefficient (Wildman–Crippen LogP) is 4.48. The number of hydrogen-bond acceptors (Lipinski definition) is 6. The van der Waals surface area contributed by atoms with Crippen LogP contribution in [-0.4, -0.2) is 71.0 Å². The second-order valence-corrected chi connectivity index (χ2v) is 10.4. The first-order valence-corrected chi connectivity index (χ1v) is 12.7. The number of nitrogens with zero attached hydrogens (tertiary/aromatic N) is 4. The van der Waals surface area contributed by atoms with Crippen molar-refractivity contribution < 1.29 is 14.2 Å². The van der Waals surface area contributed by atoms with Crippen molar-refractivity contribution in [3.63, 3.8) is 0 Å². The number of aryl methyl sites for hydroxylation is 1. The van der Waals surface area contributed by atoms with Gasteiger partial charge in [0.2, 0.25) is 0 Å². The molecule has 1 atom stereocenters. The zero-order valence-electron chi connectivity index (χ0n) is 21.7. The SMILES string of the molecule is Cc1nc(-c2ccccc2)nc(N2CCN(CC(O)COC(C)(C)C)CC2)c1Cc1ccccc1F. The Labute approximate surface area is 213 Å². The van der Waals surface area contributed by atoms with E-state index in [1.807, 2.05) is 70.2 Å². The van der Waals surface area contributed by atoms with Crippen molar-refractivity contribution in [2.75, 3.05) is 44.2 Å². The lowest BCUT2D eigenvalue weighted by molar-refractivity contribution is -0.0563. The van der Waals surface area contributed by atoms with E-state index in [4.69, 9.17) is 14.7 Å². The molecule has 1 unspecified atom stereocenters. The van der Waals surface area contributed by atoms with Gasteiger partial charge in [0.1, 0.15) is 11.6 Å². The van der Waals surface area contributed by atoms with Gasteiger partial charge < -0.3 is 14.7 Å². The highest BCUT2D eigenvalue weighted by Gasteiger charge is 2.25. The van der Waals surface area contributed by atoms with Crippen LogP contribution < -0.4 is 4.90 Å². The van der Waals surface area contributed by atoms with Gasteiger partial charge in [-0.1, -0.05) is 48.5 Å². The number of aliphatic hydroxyl groups excluding tert-OH is 1. The molecule has 0 radical (unpaired) electrons. The summed E-state index contributed by atoms with van der Waals surface area (Å²) in [6.07, 6.45) is -0.0928. The molecule has 7 heteroatoms. The molecule has 1 fully saturated rings. The lowest BCUT2D eigenvalue weighted by Gasteiger charge is -2.37. The van der Waals surface area contributed by atoms with Crippen molar-refractivity contribution >= 4 is 5.82 Å². The molecule has 6 nitrogen and oxygen atoms in total. The minimum absolute atomic E-state index is 0.216. The summed E-state index contributed by atoms with van der Waals surface area (Å²) in [6.45, 7) is 12.0. The van der Waals surface area contributed by atoms with Gasteiger partial charge in [-0.15, -0.1) is 0 Å². The number of hydrogen-bond donors (Lipinski definition) is 1. The largest absolute Gasteiger partial charge is 0.389 e. The Bertz CT molecular complexity index is 1140. The number of halogens is 1. The molecule has 0 amide bonds. The van der Waals surface area contributed by atoms with E-state index in [9.17, 15) is 9.50 Å². The van der Waals surface area contributed by atoms with Crippen molar-refractivity contribution in [2.24, 2.45) is 0 Å². The van der Waals surface area contributed by atoms with E-state index in [0.717, 1.165) is 48.8 Å². The van der Waals surface area contributed by atoms with E-state index < -0.39 is 6.10 Å². The normalized spacial score (nSPS) is 15.8. The van der Waals surface area contributed by atoms with E-state index in [1.165, 1.54) is 6.07 Å². The fraction of sp³-hybridized carbons (Fsp3) is 0.448. The van der Waals surface area contributed by atoms with Crippen LogP contribution in [-0.2, 0) is 11.2 Å². The van der Waals surface area contributed by atoms with Crippen molar-refractivity contribution in [1.82, 2.24) is 14.9 Å². The van der Waals surface area contributed by atoms with Gasteiger partial charge in [0.05, 0.1) is 18.3 Å². The number of rotatable bonds is 8. The lowest BCUT2D eigenvalue weighted by Crippen LogP contribution is -2.50. The highest BCUT2D eigenvalue weighted by molar-refractivity contribution is 5.61. The molecule has 2 heterocycles. The standard InChI is InChI=1S/C29H37FN4O2/c1-21-25(18-23-12-8-9-13-26(23)30)28(32-27(31-21)22-10-6-5-7-11-22)34-16-14-33(15-17-34)19-24(35)20-36-29(2,3)4/h5-13,24,35H,14-20H2,1-4H3. The molecule has 2 aromatic carbocycles. The lowest BCUT2D eigenvalue weighted by atomic mass is 10.0. The number of aromatic nitrogens is 2. The van der Waals surface area contributed by atoms with Gasteiger partial charge in [-0.05, 0) is 39.3 Å². The Kier molecular flexibility index (Phi) is 8.34. The number of anilines is 1. The second kappa shape index (κ2) is 11.5. The van der Waals surface area contributed by atoms with Crippen LogP contribution >= 0.6 is 0 Å². The molecule has 1 saturated heterocycles. The minimum atomic E-state index is -0.529. The third-order valence-electron chi connectivity index (χ3n) is 6.40. The maximum Gasteiger partial charge on any atom is 0.161 e. The van der Waals surface area contributed by atoms with Crippen molar-refractivity contribution in [3.8, 4) is 11.4 Å². The third kappa shape index (κ3) is 6.87. The first-order valence-electron chi connectivity index (χ1n) is 12.7. The first-order chi connectivity index (χ1) is 17.2. The van der Waals surface area contributed by atoms with Crippen LogP contribution in [0, 0.1) is 12.7 Å². The van der Waals surface area contributed by atoms with Crippen LogP contribution in [0.4, 0.5) is 10.2 Å². The van der Waals surface area contributed by atoms with Crippen molar-refractivity contribution in [2.45, 2.75) is 45.8 Å². The van der Waals surface area contributed by atoms with E-state index >= 15 is 0 Å². The molecule has 1 N–H and O–H groups in total. The van der Waals surface area contributed by atoms with Gasteiger partial charge in [0, 0.05) is 56.0 Å². The molecule has 0 bridgehead atoms. The van der Waals surface area contributed by atoms with Gasteiger partial charge in [0.25, 0.3) is 0 Å². The number of piperazine rings is 1. The van der Waals surface area contributed by atoms with Crippen LogP contribution in [0.25, 0.3) is 11.4 Å². The van der Waals surface area contributed by atoms with E-state index in [-0.39, 0.29) is 11.4 Å². The fourth-order valence-corrected chi connectivity index (χ4v) is 4.44. The molecule has 1 aliphatic rings. The van der Waals surface area contributed by atoms with Gasteiger partial charge >= 0.3 is 0 Å². The first kappa shape index (κ1) is 26.2. The summed E-state index contributed by atoms with van der Waals surface area (Å²) >= 11 is 0.